The number of rotatable bonds is 7. The van der Waals surface area contributed by atoms with Crippen LogP contribution in [0.4, 0.5) is 0 Å². The molecule has 1 aliphatic rings. The molecule has 3 heterocycles. The number of aromatic amines is 2. The van der Waals surface area contributed by atoms with Gasteiger partial charge >= 0.3 is 0 Å². The minimum atomic E-state index is -1.10. The molecule has 1 aliphatic heterocycles. The minimum Gasteiger partial charge on any atom is -0.491 e. The quantitative estimate of drug-likeness (QED) is 0.350. The van der Waals surface area contributed by atoms with Gasteiger partial charge in [-0.2, -0.15) is 5.10 Å². The van der Waals surface area contributed by atoms with Crippen molar-refractivity contribution in [3.05, 3.63) is 87.4 Å². The summed E-state index contributed by atoms with van der Waals surface area (Å²) in [7, 11) is 0. The van der Waals surface area contributed by atoms with Gasteiger partial charge in [0.2, 0.25) is 5.79 Å². The van der Waals surface area contributed by atoms with E-state index in [0.717, 1.165) is 11.5 Å². The molecule has 11 heteroatoms. The minimum absolute atomic E-state index is 0.301. The van der Waals surface area contributed by atoms with Crippen LogP contribution in [-0.4, -0.2) is 44.1 Å². The van der Waals surface area contributed by atoms with Crippen molar-refractivity contribution >= 4 is 35.4 Å². The monoisotopic (exact) mass is 503 g/mol. The topological polar surface area (TPSA) is 90.0 Å². The van der Waals surface area contributed by atoms with Crippen LogP contribution in [0.25, 0.3) is 5.69 Å². The summed E-state index contributed by atoms with van der Waals surface area (Å²) in [6, 6.07) is 12.8. The molecule has 33 heavy (non-hydrogen) atoms. The summed E-state index contributed by atoms with van der Waals surface area (Å²) in [6.45, 7) is 0.636. The van der Waals surface area contributed by atoms with E-state index in [4.69, 9.17) is 49.6 Å². The maximum Gasteiger partial charge on any atom is 0.204 e. The lowest BCUT2D eigenvalue weighted by Crippen LogP contribution is -2.33. The number of imidazole rings is 1. The molecule has 2 atom stereocenters. The van der Waals surface area contributed by atoms with Crippen molar-refractivity contribution in [2.24, 2.45) is 0 Å². The van der Waals surface area contributed by atoms with E-state index in [0.29, 0.717) is 45.8 Å². The molecule has 2 aromatic carbocycles. The Labute approximate surface area is 204 Å². The second-order valence-corrected chi connectivity index (χ2v) is 8.71. The van der Waals surface area contributed by atoms with Crippen LogP contribution >= 0.6 is 35.4 Å². The Morgan fingerprint density at radius 3 is 2.76 bits per heavy atom. The number of benzene rings is 2. The van der Waals surface area contributed by atoms with E-state index < -0.39 is 5.79 Å². The summed E-state index contributed by atoms with van der Waals surface area (Å²) >= 11 is 17.8. The number of halogens is 2. The molecular weight excluding hydrogens is 485 g/mol. The number of ether oxygens (including phenoxy) is 3. The lowest BCUT2D eigenvalue weighted by molar-refractivity contribution is -0.179. The van der Waals surface area contributed by atoms with Crippen LogP contribution in [-0.2, 0) is 21.7 Å². The number of hydrogen-bond donors (Lipinski definition) is 2. The number of nitrogens with zero attached hydrogens (tertiary/aromatic N) is 3. The van der Waals surface area contributed by atoms with E-state index >= 15 is 0 Å². The molecule has 8 nitrogen and oxygen atoms in total. The Kier molecular flexibility index (Phi) is 6.22. The molecule has 0 amide bonds. The Hall–Kier alpha value is -2.69. The first-order valence-corrected chi connectivity index (χ1v) is 11.3. The predicted molar refractivity (Wildman–Crippen MR) is 126 cm³/mol. The van der Waals surface area contributed by atoms with E-state index in [2.05, 4.69) is 20.2 Å². The standard InChI is InChI=1S/C22H19Cl2N5O3S/c23-14-1-6-18(19(24)9-14)22(10-20-25-7-8-26-20)31-12-17(32-22)11-30-16-4-2-15(3-5-16)29-13-27-28-21(29)33/h1-9,13,17H,10-12H2,(H,25,26)(H,28,33)/t17-,22-/m1/s1. The van der Waals surface area contributed by atoms with Gasteiger partial charge in [0, 0.05) is 28.7 Å². The van der Waals surface area contributed by atoms with Crippen LogP contribution in [0.1, 0.15) is 11.4 Å². The van der Waals surface area contributed by atoms with E-state index in [9.17, 15) is 0 Å². The highest BCUT2D eigenvalue weighted by atomic mass is 35.5. The fourth-order valence-electron chi connectivity index (χ4n) is 3.71. The lowest BCUT2D eigenvalue weighted by Gasteiger charge is -2.29. The van der Waals surface area contributed by atoms with Gasteiger partial charge in [0.1, 0.15) is 30.6 Å². The highest BCUT2D eigenvalue weighted by Gasteiger charge is 2.45. The third-order valence-corrected chi connectivity index (χ3v) is 6.09. The van der Waals surface area contributed by atoms with Crippen LogP contribution in [0.5, 0.6) is 5.75 Å². The first-order chi connectivity index (χ1) is 16.0. The van der Waals surface area contributed by atoms with Gasteiger partial charge in [0.15, 0.2) is 4.77 Å². The Bertz CT molecular complexity index is 1290. The summed E-state index contributed by atoms with van der Waals surface area (Å²) in [6.07, 6.45) is 5.11. The second kappa shape index (κ2) is 9.28. The van der Waals surface area contributed by atoms with Gasteiger partial charge in [0.05, 0.1) is 18.1 Å². The molecule has 0 aliphatic carbocycles. The molecule has 2 aromatic heterocycles. The zero-order valence-corrected chi connectivity index (χ0v) is 19.5. The molecule has 4 aromatic rings. The first-order valence-electron chi connectivity index (χ1n) is 10.1. The number of nitrogens with one attached hydrogen (secondary N) is 2. The van der Waals surface area contributed by atoms with Gasteiger partial charge in [0.25, 0.3) is 0 Å². The largest absolute Gasteiger partial charge is 0.491 e. The second-order valence-electron chi connectivity index (χ2n) is 7.48. The molecule has 0 bridgehead atoms. The van der Waals surface area contributed by atoms with Crippen LogP contribution < -0.4 is 4.74 Å². The zero-order chi connectivity index (χ0) is 22.8. The van der Waals surface area contributed by atoms with E-state index in [-0.39, 0.29) is 6.10 Å². The van der Waals surface area contributed by atoms with Crippen LogP contribution in [0.3, 0.4) is 0 Å². The van der Waals surface area contributed by atoms with Gasteiger partial charge in [-0.3, -0.25) is 9.67 Å². The van der Waals surface area contributed by atoms with Crippen molar-refractivity contribution in [1.82, 2.24) is 24.7 Å². The normalized spacial score (nSPS) is 20.2. The Balaban J connectivity index is 1.30. The molecule has 0 saturated carbocycles. The lowest BCUT2D eigenvalue weighted by atomic mass is 10.0. The van der Waals surface area contributed by atoms with Crippen molar-refractivity contribution in [3.63, 3.8) is 0 Å². The Morgan fingerprint density at radius 1 is 1.21 bits per heavy atom. The van der Waals surface area contributed by atoms with Gasteiger partial charge in [-0.05, 0) is 48.6 Å². The van der Waals surface area contributed by atoms with Crippen molar-refractivity contribution in [3.8, 4) is 11.4 Å². The summed E-state index contributed by atoms with van der Waals surface area (Å²) < 4.78 is 20.8. The fraction of sp³-hybridized carbons (Fsp3) is 0.227. The first kappa shape index (κ1) is 22.1. The molecule has 2 N–H and O–H groups in total. The third-order valence-electron chi connectivity index (χ3n) is 5.26. The molecule has 1 fully saturated rings. The maximum atomic E-state index is 6.51. The molecule has 0 spiro atoms. The van der Waals surface area contributed by atoms with Crippen molar-refractivity contribution < 1.29 is 14.2 Å². The summed E-state index contributed by atoms with van der Waals surface area (Å²) in [5.74, 6) is 0.316. The third kappa shape index (κ3) is 4.68. The fourth-order valence-corrected chi connectivity index (χ4v) is 4.47. The SMILES string of the molecule is S=c1[nH]ncn1-c1ccc(OC[C@@H]2CO[C@@](Cc3ncc[nH]3)(c3ccc(Cl)cc3Cl)O2)cc1. The number of hydrogen-bond acceptors (Lipinski definition) is 6. The average Bonchev–Trinajstić information content (AvgIpc) is 3.55. The van der Waals surface area contributed by atoms with Crippen molar-refractivity contribution in [1.29, 1.82) is 0 Å². The Morgan fingerprint density at radius 2 is 2.06 bits per heavy atom. The maximum absolute atomic E-state index is 6.51. The molecule has 5 rings (SSSR count). The van der Waals surface area contributed by atoms with Crippen LogP contribution in [0, 0.1) is 4.77 Å². The highest BCUT2D eigenvalue weighted by Crippen LogP contribution is 2.41. The zero-order valence-electron chi connectivity index (χ0n) is 17.2. The van der Waals surface area contributed by atoms with Crippen molar-refractivity contribution in [2.45, 2.75) is 18.3 Å². The predicted octanol–water partition coefficient (Wildman–Crippen LogP) is 4.85. The van der Waals surface area contributed by atoms with Gasteiger partial charge < -0.3 is 19.2 Å². The van der Waals surface area contributed by atoms with Crippen LogP contribution in [0.2, 0.25) is 10.0 Å². The molecule has 0 radical (unpaired) electrons. The molecule has 1 saturated heterocycles. The van der Waals surface area contributed by atoms with Gasteiger partial charge in [-0.1, -0.05) is 29.3 Å². The van der Waals surface area contributed by atoms with E-state index in [1.807, 2.05) is 30.3 Å². The van der Waals surface area contributed by atoms with E-state index in [1.54, 1.807) is 35.4 Å². The summed E-state index contributed by atoms with van der Waals surface area (Å²) in [4.78, 5) is 7.41. The molecular formula is C22H19Cl2N5O3S. The van der Waals surface area contributed by atoms with Gasteiger partial charge in [-0.25, -0.2) is 4.98 Å². The number of H-pyrrole nitrogens is 2. The smallest absolute Gasteiger partial charge is 0.204 e. The molecule has 0 unspecified atom stereocenters. The van der Waals surface area contributed by atoms with Crippen LogP contribution in [0.15, 0.2) is 61.2 Å². The average molecular weight is 504 g/mol. The molecule has 170 valence electrons. The summed E-state index contributed by atoms with van der Waals surface area (Å²) in [5, 5.41) is 7.66. The van der Waals surface area contributed by atoms with Crippen molar-refractivity contribution in [2.75, 3.05) is 13.2 Å². The number of aromatic nitrogens is 5. The highest BCUT2D eigenvalue weighted by molar-refractivity contribution is 7.71. The van der Waals surface area contributed by atoms with E-state index in [1.165, 1.54) is 0 Å². The summed E-state index contributed by atoms with van der Waals surface area (Å²) in [5.41, 5.74) is 1.57. The van der Waals surface area contributed by atoms with Gasteiger partial charge in [-0.15, -0.1) is 0 Å².